The van der Waals surface area contributed by atoms with Crippen LogP contribution in [-0.4, -0.2) is 36.5 Å². The summed E-state index contributed by atoms with van der Waals surface area (Å²) in [5, 5.41) is 9.25. The summed E-state index contributed by atoms with van der Waals surface area (Å²) in [5.74, 6) is 1.27. The van der Waals surface area contributed by atoms with Crippen molar-refractivity contribution < 1.29 is 14.3 Å². The molecule has 2 heterocycles. The van der Waals surface area contributed by atoms with Gasteiger partial charge in [-0.3, -0.25) is 9.48 Å². The molecule has 4 aromatic rings. The first-order chi connectivity index (χ1) is 15.0. The molecule has 4 rings (SSSR count). The molecule has 1 N–H and O–H groups in total. The number of methoxy groups -OCH3 is 2. The minimum absolute atomic E-state index is 0.0938. The van der Waals surface area contributed by atoms with Crippen LogP contribution in [0.2, 0.25) is 5.02 Å². The lowest BCUT2D eigenvalue weighted by Gasteiger charge is -2.10. The van der Waals surface area contributed by atoms with E-state index in [2.05, 4.69) is 10.4 Å². The van der Waals surface area contributed by atoms with Crippen molar-refractivity contribution in [3.8, 4) is 22.8 Å². The minimum atomic E-state index is -0.0938. The zero-order valence-corrected chi connectivity index (χ0v) is 19.0. The number of aromatic nitrogens is 2. The maximum Gasteiger partial charge on any atom is 0.261 e. The van der Waals surface area contributed by atoms with Crippen LogP contribution in [0.5, 0.6) is 11.5 Å². The topological polar surface area (TPSA) is 65.4 Å². The van der Waals surface area contributed by atoms with E-state index in [1.807, 2.05) is 60.3 Å². The van der Waals surface area contributed by atoms with E-state index in [0.29, 0.717) is 34.4 Å². The summed E-state index contributed by atoms with van der Waals surface area (Å²) in [6, 6.07) is 15.2. The van der Waals surface area contributed by atoms with Crippen LogP contribution >= 0.6 is 22.9 Å². The number of thiophene rings is 1. The number of halogens is 1. The van der Waals surface area contributed by atoms with Crippen molar-refractivity contribution in [2.75, 3.05) is 20.8 Å². The van der Waals surface area contributed by atoms with Crippen molar-refractivity contribution in [2.24, 2.45) is 7.05 Å². The molecule has 2 aromatic heterocycles. The van der Waals surface area contributed by atoms with Gasteiger partial charge in [-0.05, 0) is 42.3 Å². The Labute approximate surface area is 189 Å². The fourth-order valence-corrected chi connectivity index (χ4v) is 4.53. The highest BCUT2D eigenvalue weighted by molar-refractivity contribution is 7.20. The molecule has 0 saturated carbocycles. The van der Waals surface area contributed by atoms with Crippen LogP contribution in [-0.2, 0) is 13.5 Å². The number of carbonyl (C=O) groups is 1. The van der Waals surface area contributed by atoms with Gasteiger partial charge in [0, 0.05) is 29.6 Å². The Kier molecular flexibility index (Phi) is 6.15. The third-order valence-electron chi connectivity index (χ3n) is 5.00. The molecule has 0 bridgehead atoms. The first kappa shape index (κ1) is 21.2. The van der Waals surface area contributed by atoms with Crippen LogP contribution in [0.15, 0.2) is 48.5 Å². The fraction of sp³-hybridized carbons (Fsp3) is 0.217. The Balaban J connectivity index is 1.47. The van der Waals surface area contributed by atoms with Gasteiger partial charge in [0.25, 0.3) is 5.91 Å². The number of fused-ring (bicyclic) bond motifs is 1. The van der Waals surface area contributed by atoms with Crippen molar-refractivity contribution in [3.05, 3.63) is 64.0 Å². The van der Waals surface area contributed by atoms with Gasteiger partial charge in [-0.15, -0.1) is 11.3 Å². The Morgan fingerprint density at radius 1 is 1.10 bits per heavy atom. The predicted octanol–water partition coefficient (Wildman–Crippen LogP) is 4.94. The van der Waals surface area contributed by atoms with Gasteiger partial charge in [0.05, 0.1) is 19.1 Å². The van der Waals surface area contributed by atoms with Crippen molar-refractivity contribution in [2.45, 2.75) is 6.42 Å². The lowest BCUT2D eigenvalue weighted by molar-refractivity contribution is 0.0958. The van der Waals surface area contributed by atoms with Crippen LogP contribution in [0.25, 0.3) is 21.5 Å². The molecule has 0 saturated heterocycles. The molecule has 0 spiro atoms. The van der Waals surface area contributed by atoms with Crippen molar-refractivity contribution in [1.29, 1.82) is 0 Å². The highest BCUT2D eigenvalue weighted by Gasteiger charge is 2.18. The average Bonchev–Trinajstić information content (AvgIpc) is 3.35. The number of rotatable bonds is 7. The molecule has 0 radical (unpaired) electrons. The Bertz CT molecular complexity index is 1230. The maximum atomic E-state index is 12.7. The normalized spacial score (nSPS) is 11.0. The van der Waals surface area contributed by atoms with Crippen molar-refractivity contribution in [1.82, 2.24) is 15.1 Å². The highest BCUT2D eigenvalue weighted by Crippen LogP contribution is 2.34. The largest absolute Gasteiger partial charge is 0.493 e. The van der Waals surface area contributed by atoms with Crippen LogP contribution in [0.1, 0.15) is 15.2 Å². The van der Waals surface area contributed by atoms with E-state index in [-0.39, 0.29) is 5.91 Å². The molecule has 1 amide bonds. The standard InChI is InChI=1S/C23H22ClN3O3S/c1-27-23-17(21(26-27)15-5-7-16(24)8-6-15)13-20(31-23)22(28)25-11-10-14-4-9-18(29-2)19(12-14)30-3/h4-9,12-13H,10-11H2,1-3H3,(H,25,28). The summed E-state index contributed by atoms with van der Waals surface area (Å²) in [4.78, 5) is 14.3. The molecule has 8 heteroatoms. The second kappa shape index (κ2) is 8.99. The maximum absolute atomic E-state index is 12.7. The number of hydrogen-bond donors (Lipinski definition) is 1. The van der Waals surface area contributed by atoms with Gasteiger partial charge >= 0.3 is 0 Å². The molecule has 0 aliphatic carbocycles. The van der Waals surface area contributed by atoms with Gasteiger partial charge in [-0.1, -0.05) is 29.8 Å². The van der Waals surface area contributed by atoms with E-state index in [9.17, 15) is 4.79 Å². The number of carbonyl (C=O) groups excluding carboxylic acids is 1. The summed E-state index contributed by atoms with van der Waals surface area (Å²) in [5.41, 5.74) is 2.87. The highest BCUT2D eigenvalue weighted by atomic mass is 35.5. The number of ether oxygens (including phenoxy) is 2. The Hall–Kier alpha value is -3.03. The molecule has 0 aliphatic rings. The number of nitrogens with zero attached hydrogens (tertiary/aromatic N) is 2. The van der Waals surface area contributed by atoms with Crippen LogP contribution < -0.4 is 14.8 Å². The smallest absolute Gasteiger partial charge is 0.261 e. The van der Waals surface area contributed by atoms with E-state index in [4.69, 9.17) is 21.1 Å². The van der Waals surface area contributed by atoms with Crippen LogP contribution in [0, 0.1) is 0 Å². The van der Waals surface area contributed by atoms with Crippen molar-refractivity contribution >= 4 is 39.1 Å². The molecule has 0 unspecified atom stereocenters. The number of hydrogen-bond acceptors (Lipinski definition) is 5. The molecular formula is C23H22ClN3O3S. The Morgan fingerprint density at radius 3 is 2.55 bits per heavy atom. The van der Waals surface area contributed by atoms with Gasteiger partial charge < -0.3 is 14.8 Å². The molecule has 0 fully saturated rings. The van der Waals surface area contributed by atoms with Gasteiger partial charge in [-0.25, -0.2) is 0 Å². The summed E-state index contributed by atoms with van der Waals surface area (Å²) in [6.07, 6.45) is 0.689. The summed E-state index contributed by atoms with van der Waals surface area (Å²) in [6.45, 7) is 0.519. The molecule has 6 nitrogen and oxygen atoms in total. The van der Waals surface area contributed by atoms with Gasteiger partial charge in [0.1, 0.15) is 10.5 Å². The molecular weight excluding hydrogens is 434 g/mol. The zero-order chi connectivity index (χ0) is 22.0. The van der Waals surface area contributed by atoms with Crippen LogP contribution in [0.4, 0.5) is 0 Å². The van der Waals surface area contributed by atoms with Gasteiger partial charge in [0.15, 0.2) is 11.5 Å². The molecule has 0 aliphatic heterocycles. The predicted molar refractivity (Wildman–Crippen MR) is 125 cm³/mol. The average molecular weight is 456 g/mol. The Morgan fingerprint density at radius 2 is 1.84 bits per heavy atom. The second-order valence-electron chi connectivity index (χ2n) is 7.00. The minimum Gasteiger partial charge on any atom is -0.493 e. The molecule has 2 aromatic carbocycles. The number of nitrogens with one attached hydrogen (secondary N) is 1. The number of amides is 1. The molecule has 160 valence electrons. The lowest BCUT2D eigenvalue weighted by Crippen LogP contribution is -2.24. The van der Waals surface area contributed by atoms with E-state index < -0.39 is 0 Å². The van der Waals surface area contributed by atoms with Gasteiger partial charge in [-0.2, -0.15) is 5.10 Å². The van der Waals surface area contributed by atoms with E-state index >= 15 is 0 Å². The second-order valence-corrected chi connectivity index (χ2v) is 8.47. The quantitative estimate of drug-likeness (QED) is 0.428. The first-order valence-electron chi connectivity index (χ1n) is 9.71. The third kappa shape index (κ3) is 4.38. The van der Waals surface area contributed by atoms with E-state index in [1.165, 1.54) is 11.3 Å². The first-order valence-corrected chi connectivity index (χ1v) is 10.9. The summed E-state index contributed by atoms with van der Waals surface area (Å²) in [7, 11) is 5.10. The summed E-state index contributed by atoms with van der Waals surface area (Å²) < 4.78 is 12.4. The summed E-state index contributed by atoms with van der Waals surface area (Å²) >= 11 is 7.44. The van der Waals surface area contributed by atoms with E-state index in [1.54, 1.807) is 14.2 Å². The SMILES string of the molecule is COc1ccc(CCNC(=O)c2cc3c(-c4ccc(Cl)cc4)nn(C)c3s2)cc1OC. The number of benzene rings is 2. The van der Waals surface area contributed by atoms with Crippen LogP contribution in [0.3, 0.4) is 0 Å². The molecule has 31 heavy (non-hydrogen) atoms. The number of aryl methyl sites for hydroxylation is 1. The monoisotopic (exact) mass is 455 g/mol. The van der Waals surface area contributed by atoms with E-state index in [0.717, 1.165) is 27.0 Å². The molecule has 0 atom stereocenters. The van der Waals surface area contributed by atoms with Gasteiger partial charge in [0.2, 0.25) is 0 Å². The van der Waals surface area contributed by atoms with Crippen molar-refractivity contribution in [3.63, 3.8) is 0 Å². The third-order valence-corrected chi connectivity index (χ3v) is 6.45. The lowest BCUT2D eigenvalue weighted by atomic mass is 10.1. The zero-order valence-electron chi connectivity index (χ0n) is 17.4. The fourth-order valence-electron chi connectivity index (χ4n) is 3.42.